The fourth-order valence-corrected chi connectivity index (χ4v) is 4.87. The molecule has 0 saturated carbocycles. The molecule has 5 heterocycles. The van der Waals surface area contributed by atoms with Crippen molar-refractivity contribution in [3.05, 3.63) is 104 Å². The summed E-state index contributed by atoms with van der Waals surface area (Å²) < 4.78 is 4.47. The average Bonchev–Trinajstić information content (AvgIpc) is 3.37. The molecular formula is C29H23N5. The number of hydrogen-bond donors (Lipinski definition) is 0. The zero-order valence-corrected chi connectivity index (χ0v) is 19.1. The Kier molecular flexibility index (Phi) is 4.62. The smallest absolute Gasteiger partial charge is 0.116 e. The van der Waals surface area contributed by atoms with E-state index in [1.807, 2.05) is 55.9 Å². The number of allylic oxidation sites excluding steroid dienone is 5. The number of hydrogen-bond acceptors (Lipinski definition) is 3. The molecule has 0 aliphatic carbocycles. The number of aryl methyl sites for hydroxylation is 1. The average molecular weight is 442 g/mol. The minimum absolute atomic E-state index is 0.870. The van der Waals surface area contributed by atoms with Gasteiger partial charge in [-0.15, -0.1) is 0 Å². The molecule has 0 bridgehead atoms. The van der Waals surface area contributed by atoms with E-state index in [-0.39, 0.29) is 0 Å². The maximum atomic E-state index is 4.96. The summed E-state index contributed by atoms with van der Waals surface area (Å²) >= 11 is 0. The molecule has 0 amide bonds. The van der Waals surface area contributed by atoms with Crippen molar-refractivity contribution in [2.24, 2.45) is 0 Å². The van der Waals surface area contributed by atoms with Crippen LogP contribution in [0.3, 0.4) is 0 Å². The van der Waals surface area contributed by atoms with Crippen LogP contribution in [0.5, 0.6) is 0 Å². The number of aromatic nitrogens is 5. The maximum Gasteiger partial charge on any atom is 0.116 e. The highest BCUT2D eigenvalue weighted by Gasteiger charge is 2.22. The topological polar surface area (TPSA) is 48.5 Å². The van der Waals surface area contributed by atoms with Gasteiger partial charge in [0.05, 0.1) is 39.2 Å². The molecule has 5 heteroatoms. The van der Waals surface area contributed by atoms with E-state index in [1.54, 1.807) is 0 Å². The van der Waals surface area contributed by atoms with Crippen LogP contribution in [0.4, 0.5) is 0 Å². The summed E-state index contributed by atoms with van der Waals surface area (Å²) in [4.78, 5) is 14.5. The number of fused-ring (bicyclic) bond motifs is 7. The molecule has 0 radical (unpaired) electrons. The summed E-state index contributed by atoms with van der Waals surface area (Å²) in [6.45, 7) is 8.05. The van der Waals surface area contributed by atoms with Gasteiger partial charge in [-0.25, -0.2) is 0 Å². The zero-order chi connectivity index (χ0) is 23.2. The normalized spacial score (nSPS) is 12.6. The van der Waals surface area contributed by atoms with Crippen molar-refractivity contribution in [1.29, 1.82) is 0 Å². The third-order valence-corrected chi connectivity index (χ3v) is 6.16. The molecule has 0 N–H and O–H groups in total. The second kappa shape index (κ2) is 7.81. The van der Waals surface area contributed by atoms with Crippen LogP contribution in [0.2, 0.25) is 0 Å². The van der Waals surface area contributed by atoms with E-state index in [1.165, 1.54) is 5.56 Å². The van der Waals surface area contributed by atoms with Gasteiger partial charge < -0.3 is 9.13 Å². The summed E-state index contributed by atoms with van der Waals surface area (Å²) in [5, 5.41) is 1.06. The van der Waals surface area contributed by atoms with E-state index in [9.17, 15) is 0 Å². The van der Waals surface area contributed by atoms with E-state index in [0.29, 0.717) is 0 Å². The highest BCUT2D eigenvalue weighted by Crippen LogP contribution is 2.39. The Morgan fingerprint density at radius 2 is 1.68 bits per heavy atom. The van der Waals surface area contributed by atoms with E-state index in [2.05, 4.69) is 65.1 Å². The summed E-state index contributed by atoms with van der Waals surface area (Å²) in [5.74, 6) is 0. The fraction of sp³-hybridized carbons (Fsp3) is 0.0690. The lowest BCUT2D eigenvalue weighted by molar-refractivity contribution is 1.17. The summed E-state index contributed by atoms with van der Waals surface area (Å²) in [6.07, 6.45) is 13.5. The van der Waals surface area contributed by atoms with Gasteiger partial charge in [-0.05, 0) is 68.0 Å². The van der Waals surface area contributed by atoms with Crippen LogP contribution in [0.25, 0.3) is 55.4 Å². The molecule has 5 nitrogen and oxygen atoms in total. The van der Waals surface area contributed by atoms with Gasteiger partial charge >= 0.3 is 0 Å². The fourth-order valence-electron chi connectivity index (χ4n) is 4.87. The molecule has 0 spiro atoms. The SMILES string of the molecule is C=C/C=C(\C=C/C)n1c2cccnc2c2c1cnc1c3ncccc3n(-c3cccc(C)c3)c12. The minimum Gasteiger partial charge on any atom is -0.306 e. The zero-order valence-electron chi connectivity index (χ0n) is 19.1. The predicted octanol–water partition coefficient (Wildman–Crippen LogP) is 6.99. The summed E-state index contributed by atoms with van der Waals surface area (Å²) in [7, 11) is 0. The van der Waals surface area contributed by atoms with Crippen LogP contribution in [-0.4, -0.2) is 24.1 Å². The van der Waals surface area contributed by atoms with Gasteiger partial charge in [-0.3, -0.25) is 15.0 Å². The number of pyridine rings is 3. The molecule has 0 unspecified atom stereocenters. The number of rotatable bonds is 4. The molecule has 0 fully saturated rings. The quantitative estimate of drug-likeness (QED) is 0.277. The lowest BCUT2D eigenvalue weighted by Crippen LogP contribution is -1.97. The van der Waals surface area contributed by atoms with Crippen LogP contribution in [0, 0.1) is 6.92 Å². The first kappa shape index (κ1) is 20.1. The van der Waals surface area contributed by atoms with Crippen molar-refractivity contribution in [3.8, 4) is 5.69 Å². The van der Waals surface area contributed by atoms with Crippen LogP contribution in [0.1, 0.15) is 12.5 Å². The second-order valence-corrected chi connectivity index (χ2v) is 8.29. The van der Waals surface area contributed by atoms with Gasteiger partial charge in [-0.1, -0.05) is 30.9 Å². The monoisotopic (exact) mass is 441 g/mol. The molecule has 34 heavy (non-hydrogen) atoms. The van der Waals surface area contributed by atoms with Crippen molar-refractivity contribution < 1.29 is 0 Å². The van der Waals surface area contributed by atoms with Crippen molar-refractivity contribution >= 4 is 49.7 Å². The summed E-state index contributed by atoms with van der Waals surface area (Å²) in [5.41, 5.74) is 10.0. The molecule has 6 aromatic rings. The first-order chi connectivity index (χ1) is 16.7. The van der Waals surface area contributed by atoms with Crippen LogP contribution >= 0.6 is 0 Å². The molecule has 0 aliphatic rings. The Morgan fingerprint density at radius 3 is 2.44 bits per heavy atom. The second-order valence-electron chi connectivity index (χ2n) is 8.29. The van der Waals surface area contributed by atoms with Crippen molar-refractivity contribution in [1.82, 2.24) is 24.1 Å². The van der Waals surface area contributed by atoms with Gasteiger partial charge in [-0.2, -0.15) is 0 Å². The Bertz CT molecular complexity index is 1800. The minimum atomic E-state index is 0.870. The van der Waals surface area contributed by atoms with E-state index < -0.39 is 0 Å². The molecule has 5 aromatic heterocycles. The Balaban J connectivity index is 1.90. The van der Waals surface area contributed by atoms with Gasteiger partial charge in [0.2, 0.25) is 0 Å². The molecule has 0 saturated heterocycles. The van der Waals surface area contributed by atoms with Gasteiger partial charge in [0.25, 0.3) is 0 Å². The number of nitrogens with zero attached hydrogens (tertiary/aromatic N) is 5. The molecule has 1 aromatic carbocycles. The Hall–Kier alpha value is -4.51. The predicted molar refractivity (Wildman–Crippen MR) is 141 cm³/mol. The molecule has 0 aliphatic heterocycles. The number of benzene rings is 1. The van der Waals surface area contributed by atoms with Gasteiger partial charge in [0.15, 0.2) is 0 Å². The van der Waals surface area contributed by atoms with Crippen LogP contribution in [0.15, 0.2) is 98.0 Å². The molecular weight excluding hydrogens is 418 g/mol. The van der Waals surface area contributed by atoms with E-state index in [0.717, 1.165) is 55.4 Å². The third-order valence-electron chi connectivity index (χ3n) is 6.16. The lowest BCUT2D eigenvalue weighted by Gasteiger charge is -2.10. The van der Waals surface area contributed by atoms with Crippen molar-refractivity contribution in [2.45, 2.75) is 13.8 Å². The van der Waals surface area contributed by atoms with Crippen LogP contribution in [-0.2, 0) is 0 Å². The van der Waals surface area contributed by atoms with Crippen molar-refractivity contribution in [3.63, 3.8) is 0 Å². The summed E-state index contributed by atoms with van der Waals surface area (Å²) in [6, 6.07) is 16.7. The third kappa shape index (κ3) is 2.83. The van der Waals surface area contributed by atoms with E-state index >= 15 is 0 Å². The van der Waals surface area contributed by atoms with Gasteiger partial charge in [0.1, 0.15) is 11.0 Å². The maximum absolute atomic E-state index is 4.96. The first-order valence-electron chi connectivity index (χ1n) is 11.3. The highest BCUT2D eigenvalue weighted by atomic mass is 15.1. The first-order valence-corrected chi connectivity index (χ1v) is 11.3. The van der Waals surface area contributed by atoms with E-state index in [4.69, 9.17) is 15.0 Å². The largest absolute Gasteiger partial charge is 0.306 e. The molecule has 164 valence electrons. The van der Waals surface area contributed by atoms with Gasteiger partial charge in [0, 0.05) is 23.8 Å². The highest BCUT2D eigenvalue weighted by molar-refractivity contribution is 6.23. The molecule has 0 atom stereocenters. The standard InChI is InChI=1S/C29H23N5/c1-4-9-20(10-5-2)33-22-13-7-15-30-26(22)25-24(33)18-32-28-27-23(14-8-16-31-27)34(29(25)28)21-12-6-11-19(3)17-21/h4-18H,1H2,2-3H3/b10-5-,20-9+. The Labute approximate surface area is 197 Å². The molecule has 6 rings (SSSR count). The lowest BCUT2D eigenvalue weighted by atomic mass is 10.2. The Morgan fingerprint density at radius 1 is 0.882 bits per heavy atom. The van der Waals surface area contributed by atoms with Crippen molar-refractivity contribution in [2.75, 3.05) is 0 Å². The van der Waals surface area contributed by atoms with Crippen LogP contribution < -0.4 is 0 Å².